The van der Waals surface area contributed by atoms with Crippen molar-refractivity contribution >= 4 is 0 Å². The molecule has 2 rings (SSSR count). The van der Waals surface area contributed by atoms with E-state index in [1.807, 2.05) is 0 Å². The van der Waals surface area contributed by atoms with Gasteiger partial charge < -0.3 is 4.74 Å². The first-order valence-electron chi connectivity index (χ1n) is 3.54. The highest BCUT2D eigenvalue weighted by molar-refractivity contribution is 5.23. The molecule has 0 saturated carbocycles. The summed E-state index contributed by atoms with van der Waals surface area (Å²) < 4.78 is 18.3. The monoisotopic (exact) mass is 151 g/mol. The Morgan fingerprint density at radius 3 is 2.45 bits per heavy atom. The molecule has 2 heteroatoms. The third-order valence-corrected chi connectivity index (χ3v) is 1.90. The predicted octanol–water partition coefficient (Wildman–Crippen LogP) is 1.68. The molecule has 0 spiro atoms. The third kappa shape index (κ3) is 1.03. The molecular weight excluding hydrogens is 143 g/mol. The fraction of sp³-hybridized carbons (Fsp3) is 0.333. The van der Waals surface area contributed by atoms with Crippen LogP contribution >= 0.6 is 0 Å². The average molecular weight is 151 g/mol. The van der Waals surface area contributed by atoms with Crippen molar-refractivity contribution in [2.24, 2.45) is 0 Å². The van der Waals surface area contributed by atoms with Gasteiger partial charge in [-0.2, -0.15) is 0 Å². The number of ether oxygens (including phenoxy) is 1. The van der Waals surface area contributed by atoms with E-state index in [0.29, 0.717) is 5.56 Å². The van der Waals surface area contributed by atoms with Crippen LogP contribution < -0.4 is 0 Å². The Hall–Kier alpha value is -0.890. The van der Waals surface area contributed by atoms with Crippen molar-refractivity contribution in [2.75, 3.05) is 13.2 Å². The van der Waals surface area contributed by atoms with Crippen LogP contribution in [0.2, 0.25) is 0 Å². The largest absolute Gasteiger partial charge is 0.374 e. The first-order chi connectivity index (χ1) is 5.31. The minimum atomic E-state index is -1.23. The first-order valence-corrected chi connectivity index (χ1v) is 3.54. The number of rotatable bonds is 1. The van der Waals surface area contributed by atoms with E-state index in [0.717, 1.165) is 0 Å². The SMILES string of the molecule is FC1(c2cc[c]cc2)COC1. The van der Waals surface area contributed by atoms with Crippen LogP contribution in [0.4, 0.5) is 4.39 Å². The lowest BCUT2D eigenvalue weighted by Gasteiger charge is -2.33. The fourth-order valence-corrected chi connectivity index (χ4v) is 1.13. The van der Waals surface area contributed by atoms with Gasteiger partial charge in [-0.1, -0.05) is 24.3 Å². The molecule has 0 N–H and O–H groups in total. The molecule has 0 aliphatic carbocycles. The van der Waals surface area contributed by atoms with Crippen LogP contribution in [0, 0.1) is 6.07 Å². The Bertz CT molecular complexity index is 241. The van der Waals surface area contributed by atoms with Crippen LogP contribution in [-0.4, -0.2) is 13.2 Å². The molecule has 1 aliphatic heterocycles. The first kappa shape index (κ1) is 6.80. The number of halogens is 1. The van der Waals surface area contributed by atoms with Crippen molar-refractivity contribution in [1.29, 1.82) is 0 Å². The summed E-state index contributed by atoms with van der Waals surface area (Å²) >= 11 is 0. The Morgan fingerprint density at radius 2 is 2.00 bits per heavy atom. The zero-order valence-electron chi connectivity index (χ0n) is 6.01. The van der Waals surface area contributed by atoms with Gasteiger partial charge in [0.05, 0.1) is 13.2 Å². The summed E-state index contributed by atoms with van der Waals surface area (Å²) in [6.45, 7) is 0.383. The van der Waals surface area contributed by atoms with Gasteiger partial charge in [-0.15, -0.1) is 0 Å². The van der Waals surface area contributed by atoms with Crippen LogP contribution in [0.1, 0.15) is 5.56 Å². The lowest BCUT2D eigenvalue weighted by Crippen LogP contribution is -2.42. The summed E-state index contributed by atoms with van der Waals surface area (Å²) in [7, 11) is 0. The molecule has 57 valence electrons. The smallest absolute Gasteiger partial charge is 0.182 e. The Labute approximate surface area is 64.8 Å². The van der Waals surface area contributed by atoms with E-state index in [2.05, 4.69) is 6.07 Å². The van der Waals surface area contributed by atoms with Crippen LogP contribution in [0.3, 0.4) is 0 Å². The van der Waals surface area contributed by atoms with Gasteiger partial charge in [0.15, 0.2) is 5.67 Å². The van der Waals surface area contributed by atoms with E-state index in [9.17, 15) is 4.39 Å². The molecule has 1 nitrogen and oxygen atoms in total. The van der Waals surface area contributed by atoms with Gasteiger partial charge in [-0.3, -0.25) is 0 Å². The topological polar surface area (TPSA) is 9.23 Å². The van der Waals surface area contributed by atoms with Crippen molar-refractivity contribution in [3.63, 3.8) is 0 Å². The molecule has 1 saturated heterocycles. The summed E-state index contributed by atoms with van der Waals surface area (Å²) in [5.74, 6) is 0. The van der Waals surface area contributed by atoms with Gasteiger partial charge in [0, 0.05) is 0 Å². The molecule has 1 heterocycles. The number of benzene rings is 1. The van der Waals surface area contributed by atoms with Gasteiger partial charge in [0.1, 0.15) is 0 Å². The van der Waals surface area contributed by atoms with Crippen LogP contribution in [0.5, 0.6) is 0 Å². The average Bonchev–Trinajstić information content (AvgIpc) is 2.02. The normalized spacial score (nSPS) is 20.8. The van der Waals surface area contributed by atoms with Gasteiger partial charge in [0.2, 0.25) is 0 Å². The predicted molar refractivity (Wildman–Crippen MR) is 38.9 cm³/mol. The summed E-state index contributed by atoms with van der Waals surface area (Å²) in [6.07, 6.45) is 0. The van der Waals surface area contributed by atoms with Crippen molar-refractivity contribution in [3.05, 3.63) is 35.9 Å². The van der Waals surface area contributed by atoms with Crippen molar-refractivity contribution in [1.82, 2.24) is 0 Å². The minimum absolute atomic E-state index is 0.191. The summed E-state index contributed by atoms with van der Waals surface area (Å²) in [5, 5.41) is 0. The minimum Gasteiger partial charge on any atom is -0.374 e. The van der Waals surface area contributed by atoms with Gasteiger partial charge in [-0.05, 0) is 11.6 Å². The molecule has 1 radical (unpaired) electrons. The second kappa shape index (κ2) is 2.31. The molecular formula is C9H8FO. The lowest BCUT2D eigenvalue weighted by atomic mass is 9.94. The number of hydrogen-bond donors (Lipinski definition) is 0. The molecule has 0 bridgehead atoms. The lowest BCUT2D eigenvalue weighted by molar-refractivity contribution is -0.135. The van der Waals surface area contributed by atoms with Crippen LogP contribution in [-0.2, 0) is 10.4 Å². The second-order valence-electron chi connectivity index (χ2n) is 2.75. The molecule has 1 aromatic carbocycles. The highest BCUT2D eigenvalue weighted by atomic mass is 19.1. The zero-order valence-corrected chi connectivity index (χ0v) is 6.01. The number of hydrogen-bond acceptors (Lipinski definition) is 1. The molecule has 1 aromatic rings. The highest BCUT2D eigenvalue weighted by Crippen LogP contribution is 2.33. The van der Waals surface area contributed by atoms with Crippen molar-refractivity contribution in [2.45, 2.75) is 5.67 Å². The van der Waals surface area contributed by atoms with Gasteiger partial charge in [0.25, 0.3) is 0 Å². The molecule has 11 heavy (non-hydrogen) atoms. The molecule has 0 aromatic heterocycles. The third-order valence-electron chi connectivity index (χ3n) is 1.90. The van der Waals surface area contributed by atoms with E-state index in [-0.39, 0.29) is 13.2 Å². The van der Waals surface area contributed by atoms with Crippen LogP contribution in [0.15, 0.2) is 24.3 Å². The highest BCUT2D eigenvalue weighted by Gasteiger charge is 2.40. The zero-order chi connectivity index (χ0) is 7.73. The van der Waals surface area contributed by atoms with Crippen molar-refractivity contribution < 1.29 is 9.13 Å². The molecule has 0 atom stereocenters. The maximum atomic E-state index is 13.5. The molecule has 1 fully saturated rings. The quantitative estimate of drug-likeness (QED) is 0.593. The molecule has 0 unspecified atom stereocenters. The maximum absolute atomic E-state index is 13.5. The standard InChI is InChI=1S/C9H8FO/c10-9(6-11-7-9)8-4-2-1-3-5-8/h2-5H,6-7H2. The summed E-state index contributed by atoms with van der Waals surface area (Å²) in [5.41, 5.74) is -0.530. The molecule has 0 amide bonds. The Balaban J connectivity index is 2.29. The fourth-order valence-electron chi connectivity index (χ4n) is 1.13. The second-order valence-corrected chi connectivity index (χ2v) is 2.75. The van der Waals surface area contributed by atoms with Crippen LogP contribution in [0.25, 0.3) is 0 Å². The summed E-state index contributed by atoms with van der Waals surface area (Å²) in [6, 6.07) is 9.76. The van der Waals surface area contributed by atoms with E-state index in [1.54, 1.807) is 24.3 Å². The van der Waals surface area contributed by atoms with Gasteiger partial charge >= 0.3 is 0 Å². The van der Waals surface area contributed by atoms with E-state index < -0.39 is 5.67 Å². The van der Waals surface area contributed by atoms with Gasteiger partial charge in [-0.25, -0.2) is 4.39 Å². The number of alkyl halides is 1. The van der Waals surface area contributed by atoms with Crippen molar-refractivity contribution in [3.8, 4) is 0 Å². The Kier molecular flexibility index (Phi) is 1.43. The maximum Gasteiger partial charge on any atom is 0.182 e. The van der Waals surface area contributed by atoms with E-state index >= 15 is 0 Å². The summed E-state index contributed by atoms with van der Waals surface area (Å²) in [4.78, 5) is 0. The van der Waals surface area contributed by atoms with E-state index in [4.69, 9.17) is 4.74 Å². The Morgan fingerprint density at radius 1 is 1.36 bits per heavy atom. The molecule has 1 aliphatic rings. The van der Waals surface area contributed by atoms with E-state index in [1.165, 1.54) is 0 Å².